The van der Waals surface area contributed by atoms with Crippen molar-refractivity contribution < 1.29 is 42.3 Å². The summed E-state index contributed by atoms with van der Waals surface area (Å²) in [5.41, 5.74) is 0.205. The summed E-state index contributed by atoms with van der Waals surface area (Å²) in [6, 6.07) is 0. The summed E-state index contributed by atoms with van der Waals surface area (Å²) < 4.78 is 36.4. The first kappa shape index (κ1) is 33.2. The zero-order valence-corrected chi connectivity index (χ0v) is 26.2. The first-order chi connectivity index (χ1) is 19.6. The van der Waals surface area contributed by atoms with Crippen LogP contribution >= 0.6 is 0 Å². The van der Waals surface area contributed by atoms with Crippen LogP contribution in [0.25, 0.3) is 0 Å². The van der Waals surface area contributed by atoms with E-state index in [0.29, 0.717) is 36.0 Å². The fourth-order valence-electron chi connectivity index (χ4n) is 9.86. The van der Waals surface area contributed by atoms with Crippen LogP contribution in [0.15, 0.2) is 0 Å². The highest BCUT2D eigenvalue weighted by Gasteiger charge is 2.63. The number of aliphatic hydroxyl groups excluding tert-OH is 1. The van der Waals surface area contributed by atoms with Crippen molar-refractivity contribution in [1.82, 2.24) is 5.32 Å². The minimum atomic E-state index is -4.10. The first-order valence-corrected chi connectivity index (χ1v) is 17.6. The maximum atomic E-state index is 12.3. The van der Waals surface area contributed by atoms with Crippen LogP contribution in [-0.2, 0) is 29.2 Å². The van der Waals surface area contributed by atoms with Gasteiger partial charge in [-0.25, -0.2) is 0 Å². The maximum absolute atomic E-state index is 12.3. The summed E-state index contributed by atoms with van der Waals surface area (Å²) in [5.74, 6) is 0.279. The monoisotopic (exact) mass is 613 g/mol. The Morgan fingerprint density at radius 2 is 1.67 bits per heavy atom. The van der Waals surface area contributed by atoms with Crippen LogP contribution in [0, 0.1) is 46.3 Å². The van der Waals surface area contributed by atoms with E-state index < -0.39 is 21.8 Å². The van der Waals surface area contributed by atoms with E-state index in [9.17, 15) is 27.9 Å². The number of nitrogens with one attached hydrogen (secondary N) is 1. The molecule has 0 saturated heterocycles. The molecule has 4 aliphatic carbocycles. The van der Waals surface area contributed by atoms with Gasteiger partial charge in [0.2, 0.25) is 5.91 Å². The number of rotatable bonds is 12. The van der Waals surface area contributed by atoms with Crippen LogP contribution in [-0.4, -0.2) is 65.5 Å². The van der Waals surface area contributed by atoms with Gasteiger partial charge in [0.1, 0.15) is 6.10 Å². The Hall–Kier alpha value is -1.72. The van der Waals surface area contributed by atoms with Gasteiger partial charge in [0, 0.05) is 25.8 Å². The molecule has 10 atom stereocenters. The normalized spacial score (nSPS) is 38.5. The van der Waals surface area contributed by atoms with Crippen LogP contribution < -0.4 is 5.32 Å². The summed E-state index contributed by atoms with van der Waals surface area (Å²) in [7, 11) is -4.10. The Bertz CT molecular complexity index is 1110. The predicted octanol–water partition coefficient (Wildman–Crippen LogP) is 4.20. The van der Waals surface area contributed by atoms with Crippen LogP contribution in [0.3, 0.4) is 0 Å². The van der Waals surface area contributed by atoms with Gasteiger partial charge in [-0.15, -0.1) is 0 Å². The number of esters is 1. The second kappa shape index (κ2) is 13.1. The Morgan fingerprint density at radius 3 is 2.36 bits per heavy atom. The number of aliphatic carboxylic acids is 1. The number of amides is 1. The average molecular weight is 614 g/mol. The topological polar surface area (TPSA) is 167 Å². The minimum absolute atomic E-state index is 0.0372. The van der Waals surface area contributed by atoms with E-state index in [1.165, 1.54) is 0 Å². The van der Waals surface area contributed by atoms with E-state index in [1.54, 1.807) is 0 Å². The number of carboxylic acids is 1. The van der Waals surface area contributed by atoms with Gasteiger partial charge in [-0.3, -0.25) is 18.9 Å². The second-order valence-electron chi connectivity index (χ2n) is 14.3. The number of aliphatic hydroxyl groups is 1. The molecule has 0 aliphatic heterocycles. The third-order valence-corrected chi connectivity index (χ3v) is 12.7. The zero-order chi connectivity index (χ0) is 30.9. The van der Waals surface area contributed by atoms with Gasteiger partial charge in [-0.05, 0) is 111 Å². The fourth-order valence-corrected chi connectivity index (χ4v) is 10.2. The lowest BCUT2D eigenvalue weighted by Gasteiger charge is -2.62. The molecule has 4 N–H and O–H groups in total. The number of carbonyl (C=O) groups excluding carboxylic acids is 2. The van der Waals surface area contributed by atoms with Gasteiger partial charge in [0.25, 0.3) is 10.1 Å². The molecule has 0 radical (unpaired) electrons. The van der Waals surface area contributed by atoms with Crippen molar-refractivity contribution in [3.63, 3.8) is 0 Å². The molecule has 0 heterocycles. The van der Waals surface area contributed by atoms with Gasteiger partial charge < -0.3 is 20.3 Å². The van der Waals surface area contributed by atoms with E-state index in [0.717, 1.165) is 57.8 Å². The van der Waals surface area contributed by atoms with Gasteiger partial charge in [0.05, 0.1) is 11.9 Å². The molecule has 0 aromatic heterocycles. The fraction of sp³-hybridized carbons (Fsp3) is 0.903. The second-order valence-corrected chi connectivity index (χ2v) is 15.9. The lowest BCUT2D eigenvalue weighted by molar-refractivity contribution is -0.183. The zero-order valence-electron chi connectivity index (χ0n) is 25.4. The van der Waals surface area contributed by atoms with Crippen molar-refractivity contribution >= 4 is 28.0 Å². The minimum Gasteiger partial charge on any atom is -0.481 e. The quantitative estimate of drug-likeness (QED) is 0.186. The maximum Gasteiger partial charge on any atom is 0.306 e. The standard InChI is InChI=1S/C31H51NO9S/c1-19(7-10-26(34)32-15-16-42(38,39)40)22-8-9-23-29-24(12-14-31(22,23)3)30(2)13-11-21(17-20(30)18-25(29)33)41-28(37)6-4-5-27(35)36/h19-25,29,33H,4-18H2,1-3H3,(H,32,34)(H,35,36)(H,38,39,40)/t19-,20?,21+,22-,23-,24-,25+,29?,30+,31-/m1/s1. The van der Waals surface area contributed by atoms with Gasteiger partial charge in [-0.2, -0.15) is 8.42 Å². The summed E-state index contributed by atoms with van der Waals surface area (Å²) in [6.07, 6.45) is 8.47. The van der Waals surface area contributed by atoms with Crippen molar-refractivity contribution in [2.45, 2.75) is 116 Å². The SMILES string of the molecule is C[C@H](CCC(=O)NCCS(=O)(=O)O)[C@H]1CC[C@@H]2C3[C@@H](CC[C@@]21C)[C@@]1(C)CC[C@H](OC(=O)CCCC(=O)O)CC1C[C@@H]3O. The number of carboxylic acid groups (broad SMARTS) is 1. The largest absolute Gasteiger partial charge is 0.481 e. The number of ether oxygens (including phenoxy) is 1. The Kier molecular flexibility index (Phi) is 10.4. The van der Waals surface area contributed by atoms with Crippen molar-refractivity contribution in [2.75, 3.05) is 12.3 Å². The molecule has 0 aromatic rings. The third kappa shape index (κ3) is 7.32. The van der Waals surface area contributed by atoms with E-state index in [-0.39, 0.29) is 66.6 Å². The summed E-state index contributed by atoms with van der Waals surface area (Å²) in [6.45, 7) is 6.92. The summed E-state index contributed by atoms with van der Waals surface area (Å²) in [5, 5.41) is 23.0. The number of hydrogen-bond donors (Lipinski definition) is 4. The smallest absolute Gasteiger partial charge is 0.306 e. The molecular formula is C31H51NO9S. The molecule has 0 aromatic carbocycles. The first-order valence-electron chi connectivity index (χ1n) is 15.9. The highest BCUT2D eigenvalue weighted by Crippen LogP contribution is 2.68. The molecule has 10 nitrogen and oxygen atoms in total. The highest BCUT2D eigenvalue weighted by molar-refractivity contribution is 7.85. The number of hydrogen-bond acceptors (Lipinski definition) is 7. The van der Waals surface area contributed by atoms with Gasteiger partial charge in [-0.1, -0.05) is 20.8 Å². The van der Waals surface area contributed by atoms with Crippen LogP contribution in [0.2, 0.25) is 0 Å². The summed E-state index contributed by atoms with van der Waals surface area (Å²) >= 11 is 0. The lowest BCUT2D eigenvalue weighted by Crippen LogP contribution is -2.58. The van der Waals surface area contributed by atoms with Crippen molar-refractivity contribution in [3.8, 4) is 0 Å². The molecule has 0 spiro atoms. The Morgan fingerprint density at radius 1 is 0.976 bits per heavy atom. The van der Waals surface area contributed by atoms with Crippen molar-refractivity contribution in [3.05, 3.63) is 0 Å². The molecule has 4 rings (SSSR count). The van der Waals surface area contributed by atoms with Gasteiger partial charge >= 0.3 is 11.9 Å². The average Bonchev–Trinajstić information content (AvgIpc) is 3.24. The molecule has 1 amide bonds. The lowest BCUT2D eigenvalue weighted by atomic mass is 9.43. The molecule has 4 saturated carbocycles. The van der Waals surface area contributed by atoms with E-state index in [4.69, 9.17) is 14.4 Å². The molecule has 11 heteroatoms. The molecule has 4 fully saturated rings. The summed E-state index contributed by atoms with van der Waals surface area (Å²) in [4.78, 5) is 35.4. The van der Waals surface area contributed by atoms with E-state index >= 15 is 0 Å². The van der Waals surface area contributed by atoms with E-state index in [1.807, 2.05) is 0 Å². The van der Waals surface area contributed by atoms with Crippen molar-refractivity contribution in [2.24, 2.45) is 46.3 Å². The number of carbonyl (C=O) groups is 3. The van der Waals surface area contributed by atoms with Gasteiger partial charge in [0.15, 0.2) is 0 Å². The van der Waals surface area contributed by atoms with E-state index in [2.05, 4.69) is 26.1 Å². The van der Waals surface area contributed by atoms with Crippen molar-refractivity contribution in [1.29, 1.82) is 0 Å². The molecule has 2 unspecified atom stereocenters. The molecule has 0 bridgehead atoms. The van der Waals surface area contributed by atoms with Crippen LogP contribution in [0.1, 0.15) is 104 Å². The molecule has 4 aliphatic rings. The highest BCUT2D eigenvalue weighted by atomic mass is 32.2. The molecule has 42 heavy (non-hydrogen) atoms. The van der Waals surface area contributed by atoms with Crippen LogP contribution in [0.5, 0.6) is 0 Å². The Labute approximate surface area is 250 Å². The predicted molar refractivity (Wildman–Crippen MR) is 156 cm³/mol. The molecule has 240 valence electrons. The molecular weight excluding hydrogens is 562 g/mol. The van der Waals surface area contributed by atoms with Crippen LogP contribution in [0.4, 0.5) is 0 Å². The third-order valence-electron chi connectivity index (χ3n) is 12.0. The number of fused-ring (bicyclic) bond motifs is 5. The Balaban J connectivity index is 1.34.